The second-order valence-electron chi connectivity index (χ2n) is 4.99. The molecule has 2 heteroatoms. The average Bonchev–Trinajstić information content (AvgIpc) is 2.82. The Hall–Kier alpha value is -1.02. The summed E-state index contributed by atoms with van der Waals surface area (Å²) in [5, 5.41) is 3.49. The van der Waals surface area contributed by atoms with Crippen LogP contribution < -0.4 is 11.1 Å². The highest BCUT2D eigenvalue weighted by Crippen LogP contribution is 2.33. The van der Waals surface area contributed by atoms with E-state index >= 15 is 0 Å². The van der Waals surface area contributed by atoms with E-state index in [4.69, 9.17) is 5.73 Å². The molecule has 1 fully saturated rings. The van der Waals surface area contributed by atoms with Crippen LogP contribution in [0.3, 0.4) is 0 Å². The fourth-order valence-electron chi connectivity index (χ4n) is 2.06. The lowest BCUT2D eigenvalue weighted by Gasteiger charge is -2.16. The summed E-state index contributed by atoms with van der Waals surface area (Å²) in [6.07, 6.45) is 2.31. The molecule has 0 bridgehead atoms. The minimum atomic E-state index is 0.0732. The van der Waals surface area contributed by atoms with Gasteiger partial charge in [-0.05, 0) is 44.7 Å². The highest BCUT2D eigenvalue weighted by Gasteiger charge is 2.37. The molecule has 0 atom stereocenters. The van der Waals surface area contributed by atoms with Gasteiger partial charge in [0.05, 0.1) is 0 Å². The van der Waals surface area contributed by atoms with Crippen molar-refractivity contribution in [2.24, 2.45) is 5.73 Å². The van der Waals surface area contributed by atoms with Crippen molar-refractivity contribution >= 4 is 5.69 Å². The molecule has 1 aromatic carbocycles. The smallest absolute Gasteiger partial charge is 0.0400 e. The number of hydrogen-bond donors (Lipinski definition) is 2. The second kappa shape index (κ2) is 3.53. The summed E-state index contributed by atoms with van der Waals surface area (Å²) in [5.74, 6) is 0. The summed E-state index contributed by atoms with van der Waals surface area (Å²) >= 11 is 0. The monoisotopic (exact) mass is 204 g/mol. The van der Waals surface area contributed by atoms with Crippen LogP contribution in [0.2, 0.25) is 0 Å². The third-order valence-corrected chi connectivity index (χ3v) is 3.19. The van der Waals surface area contributed by atoms with Gasteiger partial charge in [0.25, 0.3) is 0 Å². The number of hydrogen-bond acceptors (Lipinski definition) is 2. The van der Waals surface area contributed by atoms with Gasteiger partial charge >= 0.3 is 0 Å². The quantitative estimate of drug-likeness (QED) is 0.794. The number of nitrogens with one attached hydrogen (secondary N) is 1. The van der Waals surface area contributed by atoms with Gasteiger partial charge in [0.1, 0.15) is 0 Å². The maximum Gasteiger partial charge on any atom is 0.0400 e. The lowest BCUT2D eigenvalue weighted by molar-refractivity contribution is 0.712. The molecule has 0 spiro atoms. The fourth-order valence-corrected chi connectivity index (χ4v) is 2.06. The Morgan fingerprint density at radius 2 is 1.73 bits per heavy atom. The highest BCUT2D eigenvalue weighted by atomic mass is 15.0. The van der Waals surface area contributed by atoms with Gasteiger partial charge in [0.15, 0.2) is 0 Å². The van der Waals surface area contributed by atoms with Crippen molar-refractivity contribution in [3.8, 4) is 0 Å². The average molecular weight is 204 g/mol. The zero-order valence-corrected chi connectivity index (χ0v) is 9.85. The molecule has 1 saturated carbocycles. The van der Waals surface area contributed by atoms with E-state index < -0.39 is 0 Å². The Labute approximate surface area is 91.9 Å². The molecular weight excluding hydrogens is 184 g/mol. The van der Waals surface area contributed by atoms with E-state index in [0.717, 1.165) is 19.4 Å². The summed E-state index contributed by atoms with van der Waals surface area (Å²) in [6, 6.07) is 4.43. The first-order chi connectivity index (χ1) is 7.00. The predicted molar refractivity (Wildman–Crippen MR) is 65.3 cm³/mol. The third-order valence-electron chi connectivity index (χ3n) is 3.19. The van der Waals surface area contributed by atoms with Crippen LogP contribution in [0.1, 0.15) is 29.5 Å². The first-order valence-electron chi connectivity index (χ1n) is 5.61. The Bertz CT molecular complexity index is 355. The largest absolute Gasteiger partial charge is 0.383 e. The Kier molecular flexibility index (Phi) is 2.47. The molecule has 0 aliphatic heterocycles. The van der Waals surface area contributed by atoms with Gasteiger partial charge in [-0.3, -0.25) is 0 Å². The van der Waals surface area contributed by atoms with Crippen molar-refractivity contribution < 1.29 is 0 Å². The molecule has 2 nitrogen and oxygen atoms in total. The van der Waals surface area contributed by atoms with Crippen molar-refractivity contribution in [3.05, 3.63) is 28.8 Å². The summed E-state index contributed by atoms with van der Waals surface area (Å²) in [7, 11) is 0. The SMILES string of the molecule is Cc1cc(C)c(NCC2(N)CC2)c(C)c1. The Balaban J connectivity index is 2.13. The molecule has 15 heavy (non-hydrogen) atoms. The minimum absolute atomic E-state index is 0.0732. The van der Waals surface area contributed by atoms with Crippen molar-refractivity contribution in [2.45, 2.75) is 39.2 Å². The molecule has 0 aromatic heterocycles. The van der Waals surface area contributed by atoms with Gasteiger partial charge in [-0.25, -0.2) is 0 Å². The lowest BCUT2D eigenvalue weighted by atomic mass is 10.0. The molecule has 3 N–H and O–H groups in total. The van der Waals surface area contributed by atoms with Crippen LogP contribution in [0.25, 0.3) is 0 Å². The van der Waals surface area contributed by atoms with Gasteiger partial charge in [-0.15, -0.1) is 0 Å². The van der Waals surface area contributed by atoms with Gasteiger partial charge in [-0.1, -0.05) is 17.7 Å². The Morgan fingerprint density at radius 3 is 2.20 bits per heavy atom. The molecule has 82 valence electrons. The molecule has 1 aliphatic rings. The van der Waals surface area contributed by atoms with E-state index in [2.05, 4.69) is 38.2 Å². The van der Waals surface area contributed by atoms with Crippen LogP contribution in [0.4, 0.5) is 5.69 Å². The maximum atomic E-state index is 6.06. The number of benzene rings is 1. The molecule has 1 aliphatic carbocycles. The van der Waals surface area contributed by atoms with Gasteiger partial charge in [0.2, 0.25) is 0 Å². The number of nitrogens with two attached hydrogens (primary N) is 1. The van der Waals surface area contributed by atoms with Crippen LogP contribution >= 0.6 is 0 Å². The standard InChI is InChI=1S/C13H20N2/c1-9-6-10(2)12(11(3)7-9)15-8-13(14)4-5-13/h6-7,15H,4-5,8,14H2,1-3H3. The Morgan fingerprint density at radius 1 is 1.20 bits per heavy atom. The van der Waals surface area contributed by atoms with Crippen molar-refractivity contribution in [3.63, 3.8) is 0 Å². The van der Waals surface area contributed by atoms with E-state index in [9.17, 15) is 0 Å². The summed E-state index contributed by atoms with van der Waals surface area (Å²) < 4.78 is 0. The van der Waals surface area contributed by atoms with Crippen LogP contribution in [0.15, 0.2) is 12.1 Å². The first-order valence-corrected chi connectivity index (χ1v) is 5.61. The number of rotatable bonds is 3. The number of anilines is 1. The molecule has 0 amide bonds. The third kappa shape index (κ3) is 2.32. The molecular formula is C13H20N2. The molecule has 2 rings (SSSR count). The van der Waals surface area contributed by atoms with E-state index in [0.29, 0.717) is 0 Å². The number of aryl methyl sites for hydroxylation is 3. The zero-order chi connectivity index (χ0) is 11.1. The summed E-state index contributed by atoms with van der Waals surface area (Å²) in [4.78, 5) is 0. The fraction of sp³-hybridized carbons (Fsp3) is 0.538. The molecule has 0 heterocycles. The lowest BCUT2D eigenvalue weighted by Crippen LogP contribution is -2.31. The molecule has 0 unspecified atom stereocenters. The highest BCUT2D eigenvalue weighted by molar-refractivity contribution is 5.58. The first kappa shape index (κ1) is 10.5. The zero-order valence-electron chi connectivity index (χ0n) is 9.85. The van der Waals surface area contributed by atoms with E-state index in [1.54, 1.807) is 0 Å². The van der Waals surface area contributed by atoms with E-state index in [1.807, 2.05) is 0 Å². The van der Waals surface area contributed by atoms with Crippen molar-refractivity contribution in [1.82, 2.24) is 0 Å². The van der Waals surface area contributed by atoms with Crippen LogP contribution in [0, 0.1) is 20.8 Å². The topological polar surface area (TPSA) is 38.0 Å². The van der Waals surface area contributed by atoms with Crippen LogP contribution in [-0.4, -0.2) is 12.1 Å². The molecule has 1 aromatic rings. The van der Waals surface area contributed by atoms with Crippen LogP contribution in [0.5, 0.6) is 0 Å². The second-order valence-corrected chi connectivity index (χ2v) is 4.99. The van der Waals surface area contributed by atoms with Crippen molar-refractivity contribution in [1.29, 1.82) is 0 Å². The summed E-state index contributed by atoms with van der Waals surface area (Å²) in [5.41, 5.74) is 11.4. The predicted octanol–water partition coefficient (Wildman–Crippen LogP) is 2.52. The summed E-state index contributed by atoms with van der Waals surface area (Å²) in [6.45, 7) is 7.34. The van der Waals surface area contributed by atoms with Gasteiger partial charge in [-0.2, -0.15) is 0 Å². The van der Waals surface area contributed by atoms with Crippen LogP contribution in [-0.2, 0) is 0 Å². The normalized spacial score (nSPS) is 17.6. The molecule has 0 radical (unpaired) electrons. The van der Waals surface area contributed by atoms with Gasteiger partial charge < -0.3 is 11.1 Å². The minimum Gasteiger partial charge on any atom is -0.383 e. The van der Waals surface area contributed by atoms with E-state index in [-0.39, 0.29) is 5.54 Å². The van der Waals surface area contributed by atoms with Gasteiger partial charge in [0, 0.05) is 17.8 Å². The maximum absolute atomic E-state index is 6.06. The molecule has 0 saturated heterocycles. The van der Waals surface area contributed by atoms with Crippen molar-refractivity contribution in [2.75, 3.05) is 11.9 Å². The van der Waals surface area contributed by atoms with E-state index in [1.165, 1.54) is 22.4 Å².